The molecule has 2 aromatic carbocycles. The Morgan fingerprint density at radius 1 is 1.17 bits per heavy atom. The van der Waals surface area contributed by atoms with Crippen molar-refractivity contribution in [3.8, 4) is 11.4 Å². The number of benzene rings is 2. The molecule has 2 aromatic heterocycles. The first kappa shape index (κ1) is 18.4. The van der Waals surface area contributed by atoms with Gasteiger partial charge in [-0.3, -0.25) is 4.79 Å². The fraction of sp³-hybridized carbons (Fsp3) is 0.150. The topological polar surface area (TPSA) is 99.8 Å². The van der Waals surface area contributed by atoms with Crippen molar-refractivity contribution < 1.29 is 9.53 Å². The van der Waals surface area contributed by atoms with Crippen LogP contribution in [0, 0.1) is 0 Å². The molecule has 1 amide bonds. The maximum atomic E-state index is 12.9. The molecular formula is C20H19N7O2. The van der Waals surface area contributed by atoms with Crippen molar-refractivity contribution >= 4 is 5.91 Å². The molecule has 0 aliphatic rings. The molecule has 0 radical (unpaired) electrons. The lowest BCUT2D eigenvalue weighted by Crippen LogP contribution is -2.33. The molecule has 9 nitrogen and oxygen atoms in total. The van der Waals surface area contributed by atoms with E-state index in [2.05, 4.69) is 25.9 Å². The number of methoxy groups -OCH3 is 1. The molecule has 2 heterocycles. The van der Waals surface area contributed by atoms with Gasteiger partial charge in [-0.15, -0.1) is 5.10 Å². The summed E-state index contributed by atoms with van der Waals surface area (Å²) >= 11 is 0. The molecule has 0 aliphatic carbocycles. The summed E-state index contributed by atoms with van der Waals surface area (Å²) < 4.78 is 8.42. The van der Waals surface area contributed by atoms with Gasteiger partial charge in [-0.25, -0.2) is 9.36 Å². The zero-order valence-corrected chi connectivity index (χ0v) is 15.7. The van der Waals surface area contributed by atoms with E-state index in [4.69, 9.17) is 4.74 Å². The number of amides is 1. The Labute approximate surface area is 166 Å². The Balaban J connectivity index is 1.48. The Kier molecular flexibility index (Phi) is 5.28. The first-order valence-electron chi connectivity index (χ1n) is 8.97. The largest absolute Gasteiger partial charge is 0.497 e. The molecule has 0 spiro atoms. The molecule has 0 unspecified atom stereocenters. The second-order valence-corrected chi connectivity index (χ2v) is 6.32. The molecule has 0 saturated carbocycles. The summed E-state index contributed by atoms with van der Waals surface area (Å²) in [5.74, 6) is 0.539. The van der Waals surface area contributed by atoms with Crippen LogP contribution in [0.2, 0.25) is 0 Å². The maximum absolute atomic E-state index is 12.9. The number of ether oxygens (including phenoxy) is 1. The van der Waals surface area contributed by atoms with Crippen LogP contribution in [-0.2, 0) is 11.3 Å². The van der Waals surface area contributed by atoms with E-state index >= 15 is 0 Å². The van der Waals surface area contributed by atoms with Crippen molar-refractivity contribution in [2.24, 2.45) is 0 Å². The third kappa shape index (κ3) is 4.13. The molecule has 0 fully saturated rings. The number of rotatable bonds is 7. The van der Waals surface area contributed by atoms with Crippen molar-refractivity contribution in [3.05, 3.63) is 84.4 Å². The summed E-state index contributed by atoms with van der Waals surface area (Å²) in [6.45, 7) is 0.328. The number of hydrogen-bond donors (Lipinski definition) is 1. The average Bonchev–Trinajstić information content (AvgIpc) is 3.46. The van der Waals surface area contributed by atoms with Crippen molar-refractivity contribution in [3.63, 3.8) is 0 Å². The summed E-state index contributed by atoms with van der Waals surface area (Å²) in [5.41, 5.74) is 2.53. The Morgan fingerprint density at radius 3 is 2.79 bits per heavy atom. The fourth-order valence-corrected chi connectivity index (χ4v) is 2.98. The highest BCUT2D eigenvalue weighted by atomic mass is 16.5. The van der Waals surface area contributed by atoms with E-state index in [0.717, 1.165) is 22.6 Å². The summed E-state index contributed by atoms with van der Waals surface area (Å²) in [7, 11) is 1.62. The lowest BCUT2D eigenvalue weighted by atomic mass is 10.1. The minimum absolute atomic E-state index is 0.211. The molecule has 4 rings (SSSR count). The van der Waals surface area contributed by atoms with Gasteiger partial charge in [0.1, 0.15) is 12.1 Å². The van der Waals surface area contributed by atoms with Gasteiger partial charge < -0.3 is 10.1 Å². The zero-order chi connectivity index (χ0) is 20.1. The lowest BCUT2D eigenvalue weighted by Gasteiger charge is -2.16. The predicted molar refractivity (Wildman–Crippen MR) is 104 cm³/mol. The second kappa shape index (κ2) is 8.34. The van der Waals surface area contributed by atoms with Gasteiger partial charge in [0.25, 0.3) is 0 Å². The number of carbonyl (C=O) groups is 1. The second-order valence-electron chi connectivity index (χ2n) is 6.32. The minimum Gasteiger partial charge on any atom is -0.497 e. The Morgan fingerprint density at radius 2 is 2.03 bits per heavy atom. The van der Waals surface area contributed by atoms with Gasteiger partial charge in [0.05, 0.1) is 19.0 Å². The van der Waals surface area contributed by atoms with Crippen LogP contribution >= 0.6 is 0 Å². The Bertz CT molecular complexity index is 1080. The van der Waals surface area contributed by atoms with Crippen LogP contribution in [0.4, 0.5) is 0 Å². The fourth-order valence-electron chi connectivity index (χ4n) is 2.98. The van der Waals surface area contributed by atoms with Crippen LogP contribution < -0.4 is 10.1 Å². The third-order valence-electron chi connectivity index (χ3n) is 4.41. The third-order valence-corrected chi connectivity index (χ3v) is 4.41. The van der Waals surface area contributed by atoms with Crippen molar-refractivity contribution in [1.82, 2.24) is 35.3 Å². The van der Waals surface area contributed by atoms with E-state index in [1.807, 2.05) is 60.8 Å². The van der Waals surface area contributed by atoms with Gasteiger partial charge in [-0.2, -0.15) is 5.10 Å². The monoisotopic (exact) mass is 389 g/mol. The van der Waals surface area contributed by atoms with Gasteiger partial charge in [0.15, 0.2) is 6.04 Å². The lowest BCUT2D eigenvalue weighted by molar-refractivity contribution is -0.123. The molecule has 0 saturated heterocycles. The van der Waals surface area contributed by atoms with Crippen LogP contribution in [-0.4, -0.2) is 43.0 Å². The first-order chi connectivity index (χ1) is 14.2. The quantitative estimate of drug-likeness (QED) is 0.517. The molecular weight excluding hydrogens is 370 g/mol. The van der Waals surface area contributed by atoms with E-state index in [0.29, 0.717) is 6.54 Å². The van der Waals surface area contributed by atoms with Gasteiger partial charge >= 0.3 is 0 Å². The maximum Gasteiger partial charge on any atom is 0.249 e. The van der Waals surface area contributed by atoms with Crippen LogP contribution in [0.15, 0.2) is 73.3 Å². The Hall–Kier alpha value is -4.01. The SMILES string of the molecule is COc1cccc(-n2cc(CNC(=O)[C@@H](c3ccccc3)n3cnnn3)cn2)c1. The average molecular weight is 389 g/mol. The van der Waals surface area contributed by atoms with Gasteiger partial charge in [0, 0.05) is 24.4 Å². The van der Waals surface area contributed by atoms with Crippen molar-refractivity contribution in [2.45, 2.75) is 12.6 Å². The van der Waals surface area contributed by atoms with Gasteiger partial charge in [-0.1, -0.05) is 36.4 Å². The molecule has 1 atom stereocenters. The molecule has 146 valence electrons. The molecule has 29 heavy (non-hydrogen) atoms. The van der Waals surface area contributed by atoms with E-state index < -0.39 is 6.04 Å². The van der Waals surface area contributed by atoms with E-state index in [1.54, 1.807) is 18.0 Å². The van der Waals surface area contributed by atoms with E-state index in [-0.39, 0.29) is 5.91 Å². The molecule has 0 aliphatic heterocycles. The first-order valence-corrected chi connectivity index (χ1v) is 8.97. The van der Waals surface area contributed by atoms with Crippen molar-refractivity contribution in [2.75, 3.05) is 7.11 Å². The van der Waals surface area contributed by atoms with Crippen LogP contribution in [0.1, 0.15) is 17.2 Å². The molecule has 4 aromatic rings. The van der Waals surface area contributed by atoms with Gasteiger partial charge in [0.2, 0.25) is 5.91 Å². The smallest absolute Gasteiger partial charge is 0.249 e. The van der Waals surface area contributed by atoms with Crippen LogP contribution in [0.25, 0.3) is 5.69 Å². The highest BCUT2D eigenvalue weighted by Crippen LogP contribution is 2.18. The normalized spacial score (nSPS) is 11.8. The molecule has 0 bridgehead atoms. The number of nitrogens with one attached hydrogen (secondary N) is 1. The van der Waals surface area contributed by atoms with E-state index in [9.17, 15) is 4.79 Å². The van der Waals surface area contributed by atoms with Crippen molar-refractivity contribution in [1.29, 1.82) is 0 Å². The highest BCUT2D eigenvalue weighted by Gasteiger charge is 2.23. The summed E-state index contributed by atoms with van der Waals surface area (Å²) in [6.07, 6.45) is 5.01. The highest BCUT2D eigenvalue weighted by molar-refractivity contribution is 5.83. The summed E-state index contributed by atoms with van der Waals surface area (Å²) in [6, 6.07) is 16.3. The predicted octanol–water partition coefficient (Wildman–Crippen LogP) is 1.77. The number of aromatic nitrogens is 6. The molecule has 1 N–H and O–H groups in total. The number of carbonyl (C=O) groups excluding carboxylic acids is 1. The van der Waals surface area contributed by atoms with E-state index in [1.165, 1.54) is 11.0 Å². The summed E-state index contributed by atoms with van der Waals surface area (Å²) in [5, 5.41) is 18.5. The number of tetrazole rings is 1. The number of hydrogen-bond acceptors (Lipinski definition) is 6. The minimum atomic E-state index is -0.653. The standard InChI is InChI=1S/C20H19N7O2/c1-29-18-9-5-8-17(10-18)26-13-15(12-23-26)11-21-20(28)19(27-14-22-24-25-27)16-6-3-2-4-7-16/h2-10,12-14,19H,11H2,1H3,(H,21,28)/t19-/m1/s1. The summed E-state index contributed by atoms with van der Waals surface area (Å²) in [4.78, 5) is 12.9. The zero-order valence-electron chi connectivity index (χ0n) is 15.7. The van der Waals surface area contributed by atoms with Crippen LogP contribution in [0.3, 0.4) is 0 Å². The van der Waals surface area contributed by atoms with Crippen LogP contribution in [0.5, 0.6) is 5.75 Å². The number of nitrogens with zero attached hydrogens (tertiary/aromatic N) is 6. The molecule has 9 heteroatoms. The van der Waals surface area contributed by atoms with Gasteiger partial charge in [-0.05, 0) is 28.1 Å².